The summed E-state index contributed by atoms with van der Waals surface area (Å²) in [5.74, 6) is -0.211. The molecule has 1 aliphatic heterocycles. The Hall–Kier alpha value is -2.41. The van der Waals surface area contributed by atoms with Crippen molar-refractivity contribution in [1.29, 1.82) is 0 Å². The van der Waals surface area contributed by atoms with Crippen LogP contribution in [0.25, 0.3) is 0 Å². The van der Waals surface area contributed by atoms with Gasteiger partial charge in [0, 0.05) is 36.6 Å². The Bertz CT molecular complexity index is 770. The highest BCUT2D eigenvalue weighted by Gasteiger charge is 2.26. The number of nitro groups is 1. The standard InChI is InChI=1S/C18H21N3O3S/c1-13(17-6-5-11-25-17)19(2)18(22)14-7-8-15(16(12-14)21(23)24)20-9-3-4-10-20/h5-8,11-13H,3-4,9-10H2,1-2H3. The maximum Gasteiger partial charge on any atom is 0.293 e. The minimum Gasteiger partial charge on any atom is -0.366 e. The first-order chi connectivity index (χ1) is 12.0. The van der Waals surface area contributed by atoms with Crippen LogP contribution in [-0.4, -0.2) is 35.9 Å². The van der Waals surface area contributed by atoms with Crippen LogP contribution < -0.4 is 4.90 Å². The zero-order valence-corrected chi connectivity index (χ0v) is 15.2. The topological polar surface area (TPSA) is 66.7 Å². The van der Waals surface area contributed by atoms with E-state index in [0.717, 1.165) is 30.8 Å². The van der Waals surface area contributed by atoms with E-state index in [1.54, 1.807) is 35.4 Å². The summed E-state index contributed by atoms with van der Waals surface area (Å²) in [6.45, 7) is 3.60. The molecule has 1 aromatic carbocycles. The second-order valence-corrected chi connectivity index (χ2v) is 7.24. The molecule has 0 bridgehead atoms. The third-order valence-electron chi connectivity index (χ3n) is 4.72. The number of hydrogen-bond donors (Lipinski definition) is 0. The van der Waals surface area contributed by atoms with Gasteiger partial charge in [-0.15, -0.1) is 11.3 Å². The molecule has 7 heteroatoms. The lowest BCUT2D eigenvalue weighted by atomic mass is 10.1. The molecule has 1 atom stereocenters. The van der Waals surface area contributed by atoms with Gasteiger partial charge in [-0.2, -0.15) is 0 Å². The molecule has 1 aliphatic rings. The number of amides is 1. The number of benzene rings is 1. The van der Waals surface area contributed by atoms with Crippen LogP contribution in [0.3, 0.4) is 0 Å². The second-order valence-electron chi connectivity index (χ2n) is 6.26. The van der Waals surface area contributed by atoms with Gasteiger partial charge in [0.15, 0.2) is 0 Å². The van der Waals surface area contributed by atoms with Gasteiger partial charge in [0.05, 0.1) is 11.0 Å². The Morgan fingerprint density at radius 1 is 1.32 bits per heavy atom. The van der Waals surface area contributed by atoms with Crippen LogP contribution >= 0.6 is 11.3 Å². The second kappa shape index (κ2) is 7.23. The Balaban J connectivity index is 1.87. The van der Waals surface area contributed by atoms with E-state index in [4.69, 9.17) is 0 Å². The van der Waals surface area contributed by atoms with Gasteiger partial charge in [-0.25, -0.2) is 0 Å². The summed E-state index contributed by atoms with van der Waals surface area (Å²) < 4.78 is 0. The minimum absolute atomic E-state index is 0.00456. The molecule has 2 aromatic rings. The van der Waals surface area contributed by atoms with E-state index in [-0.39, 0.29) is 17.6 Å². The van der Waals surface area contributed by atoms with E-state index in [9.17, 15) is 14.9 Å². The van der Waals surface area contributed by atoms with Crippen molar-refractivity contribution in [1.82, 2.24) is 4.90 Å². The van der Waals surface area contributed by atoms with Crippen LogP contribution in [0, 0.1) is 10.1 Å². The molecular weight excluding hydrogens is 338 g/mol. The lowest BCUT2D eigenvalue weighted by Gasteiger charge is -2.24. The van der Waals surface area contributed by atoms with Crippen molar-refractivity contribution in [3.8, 4) is 0 Å². The minimum atomic E-state index is -0.396. The van der Waals surface area contributed by atoms with Gasteiger partial charge in [-0.1, -0.05) is 6.07 Å². The quantitative estimate of drug-likeness (QED) is 0.596. The van der Waals surface area contributed by atoms with Crippen LogP contribution in [0.1, 0.15) is 41.0 Å². The van der Waals surface area contributed by atoms with E-state index in [0.29, 0.717) is 11.3 Å². The molecule has 0 radical (unpaired) electrons. The van der Waals surface area contributed by atoms with Crippen molar-refractivity contribution in [2.45, 2.75) is 25.8 Å². The molecule has 2 heterocycles. The molecule has 25 heavy (non-hydrogen) atoms. The fourth-order valence-corrected chi connectivity index (χ4v) is 3.95. The van der Waals surface area contributed by atoms with Crippen molar-refractivity contribution >= 4 is 28.6 Å². The van der Waals surface area contributed by atoms with E-state index in [2.05, 4.69) is 0 Å². The van der Waals surface area contributed by atoms with Crippen LogP contribution in [0.15, 0.2) is 35.7 Å². The zero-order valence-electron chi connectivity index (χ0n) is 14.3. The zero-order chi connectivity index (χ0) is 18.0. The highest BCUT2D eigenvalue weighted by Crippen LogP contribution is 2.33. The van der Waals surface area contributed by atoms with Gasteiger partial charge in [-0.3, -0.25) is 14.9 Å². The van der Waals surface area contributed by atoms with Crippen molar-refractivity contribution < 1.29 is 9.72 Å². The highest BCUT2D eigenvalue weighted by atomic mass is 32.1. The van der Waals surface area contributed by atoms with E-state index < -0.39 is 4.92 Å². The molecule has 132 valence electrons. The van der Waals surface area contributed by atoms with Gasteiger partial charge >= 0.3 is 0 Å². The lowest BCUT2D eigenvalue weighted by Crippen LogP contribution is -2.29. The largest absolute Gasteiger partial charge is 0.366 e. The normalized spacial score (nSPS) is 15.2. The summed E-state index contributed by atoms with van der Waals surface area (Å²) in [4.78, 5) is 28.6. The van der Waals surface area contributed by atoms with Crippen LogP contribution in [0.5, 0.6) is 0 Å². The predicted octanol–water partition coefficient (Wildman–Crippen LogP) is 4.09. The molecule has 0 saturated carbocycles. The number of hydrogen-bond acceptors (Lipinski definition) is 5. The SMILES string of the molecule is CC(c1cccs1)N(C)C(=O)c1ccc(N2CCCC2)c([N+](=O)[O-])c1. The van der Waals surface area contributed by atoms with E-state index >= 15 is 0 Å². The number of thiophene rings is 1. The molecule has 1 unspecified atom stereocenters. The van der Waals surface area contributed by atoms with E-state index in [1.807, 2.05) is 29.3 Å². The molecular formula is C18H21N3O3S. The van der Waals surface area contributed by atoms with Gasteiger partial charge in [-0.05, 0) is 43.3 Å². The number of rotatable bonds is 5. The van der Waals surface area contributed by atoms with Crippen molar-refractivity contribution in [2.75, 3.05) is 25.0 Å². The fraction of sp³-hybridized carbons (Fsp3) is 0.389. The van der Waals surface area contributed by atoms with Gasteiger partial charge in [0.25, 0.3) is 11.6 Å². The first-order valence-corrected chi connectivity index (χ1v) is 9.21. The van der Waals surface area contributed by atoms with Crippen LogP contribution in [-0.2, 0) is 0 Å². The van der Waals surface area contributed by atoms with Crippen molar-refractivity contribution in [3.05, 3.63) is 56.3 Å². The first kappa shape index (κ1) is 17.4. The number of carbonyl (C=O) groups excluding carboxylic acids is 1. The monoisotopic (exact) mass is 359 g/mol. The molecule has 1 fully saturated rings. The van der Waals surface area contributed by atoms with Gasteiger partial charge in [0.2, 0.25) is 0 Å². The van der Waals surface area contributed by atoms with Crippen LogP contribution in [0.2, 0.25) is 0 Å². The van der Waals surface area contributed by atoms with Crippen LogP contribution in [0.4, 0.5) is 11.4 Å². The highest BCUT2D eigenvalue weighted by molar-refractivity contribution is 7.10. The number of nitro benzene ring substituents is 1. The van der Waals surface area contributed by atoms with Gasteiger partial charge < -0.3 is 9.80 Å². The Morgan fingerprint density at radius 3 is 2.64 bits per heavy atom. The Labute approximate surface area is 150 Å². The lowest BCUT2D eigenvalue weighted by molar-refractivity contribution is -0.384. The molecule has 1 amide bonds. The summed E-state index contributed by atoms with van der Waals surface area (Å²) in [5, 5.41) is 13.5. The average Bonchev–Trinajstić information content (AvgIpc) is 3.32. The first-order valence-electron chi connectivity index (χ1n) is 8.33. The number of nitrogens with zero attached hydrogens (tertiary/aromatic N) is 3. The molecule has 6 nitrogen and oxygen atoms in total. The molecule has 1 saturated heterocycles. The number of anilines is 1. The summed E-state index contributed by atoms with van der Waals surface area (Å²) in [5.41, 5.74) is 0.957. The van der Waals surface area contributed by atoms with E-state index in [1.165, 1.54) is 6.07 Å². The number of carbonyl (C=O) groups is 1. The average molecular weight is 359 g/mol. The molecule has 3 rings (SSSR count). The van der Waals surface area contributed by atoms with Crippen molar-refractivity contribution in [2.24, 2.45) is 0 Å². The molecule has 0 spiro atoms. The molecule has 0 N–H and O–H groups in total. The Morgan fingerprint density at radius 2 is 2.04 bits per heavy atom. The summed E-state index contributed by atoms with van der Waals surface area (Å²) in [6.07, 6.45) is 2.08. The maximum atomic E-state index is 12.8. The summed E-state index contributed by atoms with van der Waals surface area (Å²) in [6, 6.07) is 8.67. The molecule has 0 aliphatic carbocycles. The third kappa shape index (κ3) is 3.51. The van der Waals surface area contributed by atoms with Crippen molar-refractivity contribution in [3.63, 3.8) is 0 Å². The fourth-order valence-electron chi connectivity index (χ4n) is 3.13. The summed E-state index contributed by atoms with van der Waals surface area (Å²) in [7, 11) is 1.73. The Kier molecular flexibility index (Phi) is 5.03. The molecule has 1 aromatic heterocycles. The maximum absolute atomic E-state index is 12.8. The van der Waals surface area contributed by atoms with Gasteiger partial charge in [0.1, 0.15) is 5.69 Å². The predicted molar refractivity (Wildman–Crippen MR) is 99.4 cm³/mol. The smallest absolute Gasteiger partial charge is 0.293 e. The third-order valence-corrected chi connectivity index (χ3v) is 5.76. The summed E-state index contributed by atoms with van der Waals surface area (Å²) >= 11 is 1.59.